The molecule has 5 nitrogen and oxygen atoms in total. The van der Waals surface area contributed by atoms with E-state index in [1.54, 1.807) is 0 Å². The number of aliphatic carboxylic acids is 1. The van der Waals surface area contributed by atoms with E-state index in [9.17, 15) is 19.5 Å². The van der Waals surface area contributed by atoms with Gasteiger partial charge in [-0.1, -0.05) is 19.4 Å². The molecule has 0 heterocycles. The van der Waals surface area contributed by atoms with E-state index < -0.39 is 5.97 Å². The highest BCUT2D eigenvalue weighted by Crippen LogP contribution is 2.68. The van der Waals surface area contributed by atoms with Crippen LogP contribution in [0.2, 0.25) is 0 Å². The monoisotopic (exact) mass is 416 g/mol. The topological polar surface area (TPSA) is 80.7 Å². The van der Waals surface area contributed by atoms with Gasteiger partial charge in [-0.15, -0.1) is 0 Å². The first kappa shape index (κ1) is 21.6. The predicted octanol–water partition coefficient (Wildman–Crippen LogP) is 4.79. The summed E-state index contributed by atoms with van der Waals surface area (Å²) in [7, 11) is 0. The molecule has 7 atom stereocenters. The lowest BCUT2D eigenvalue weighted by atomic mass is 9.44. The predicted molar refractivity (Wildman–Crippen MR) is 113 cm³/mol. The highest BCUT2D eigenvalue weighted by molar-refractivity contribution is 5.92. The Morgan fingerprint density at radius 1 is 1.17 bits per heavy atom. The molecule has 166 valence electrons. The van der Waals surface area contributed by atoms with Crippen LogP contribution >= 0.6 is 0 Å². The summed E-state index contributed by atoms with van der Waals surface area (Å²) in [6, 6.07) is 0. The van der Waals surface area contributed by atoms with E-state index in [0.717, 1.165) is 38.5 Å². The van der Waals surface area contributed by atoms with Gasteiger partial charge in [-0.05, 0) is 92.4 Å². The minimum atomic E-state index is -0.716. The number of hydrogen-bond acceptors (Lipinski definition) is 4. The molecule has 3 saturated carbocycles. The number of carboxylic acids is 1. The summed E-state index contributed by atoms with van der Waals surface area (Å²) in [6.45, 7) is 6.91. The Hall–Kier alpha value is -1.65. The summed E-state index contributed by atoms with van der Waals surface area (Å²) in [5, 5.41) is 9.20. The summed E-state index contributed by atoms with van der Waals surface area (Å²) >= 11 is 0. The van der Waals surface area contributed by atoms with Gasteiger partial charge in [0.15, 0.2) is 5.78 Å². The number of carbonyl (C=O) groups excluding carboxylic acids is 2. The Bertz CT molecular complexity index is 770. The second-order valence-corrected chi connectivity index (χ2v) is 10.7. The Kier molecular flexibility index (Phi) is 5.61. The van der Waals surface area contributed by atoms with Gasteiger partial charge in [0.2, 0.25) is 0 Å². The standard InChI is InChI=1S/C25H36O5/c1-4-30-23(29)18-14-16-13-17(26)9-11-25(16,3)20-10-12-24(2)15(6-8-21(27)28)5-7-19(24)22(18)20/h13,15,18-20,22H,4-12,14H2,1-3H3,(H,27,28)/t15-,18+,19-,20-,22-,24+,25-/m0/s1. The van der Waals surface area contributed by atoms with E-state index in [4.69, 9.17) is 4.74 Å². The molecule has 5 heteroatoms. The highest BCUT2D eigenvalue weighted by atomic mass is 16.5. The van der Waals surface area contributed by atoms with E-state index in [1.165, 1.54) is 5.57 Å². The molecule has 3 fully saturated rings. The average Bonchev–Trinajstić information content (AvgIpc) is 3.03. The van der Waals surface area contributed by atoms with Crippen LogP contribution in [0.1, 0.15) is 78.6 Å². The maximum absolute atomic E-state index is 13.1. The van der Waals surface area contributed by atoms with Crippen LogP contribution in [0.3, 0.4) is 0 Å². The molecule has 4 aliphatic carbocycles. The molecule has 4 aliphatic rings. The summed E-state index contributed by atoms with van der Waals surface area (Å²) in [4.78, 5) is 36.5. The molecule has 0 aromatic carbocycles. The van der Waals surface area contributed by atoms with Crippen molar-refractivity contribution in [3.8, 4) is 0 Å². The molecule has 0 bridgehead atoms. The summed E-state index contributed by atoms with van der Waals surface area (Å²) in [5.74, 6) is 0.713. The fourth-order valence-electron chi connectivity index (χ4n) is 7.93. The first-order valence-corrected chi connectivity index (χ1v) is 11.8. The highest BCUT2D eigenvalue weighted by Gasteiger charge is 2.62. The number of hydrogen-bond donors (Lipinski definition) is 1. The van der Waals surface area contributed by atoms with Crippen LogP contribution < -0.4 is 0 Å². The third kappa shape index (κ3) is 3.33. The van der Waals surface area contributed by atoms with Gasteiger partial charge in [0.1, 0.15) is 0 Å². The fourth-order valence-corrected chi connectivity index (χ4v) is 7.93. The lowest BCUT2D eigenvalue weighted by molar-refractivity contribution is -0.161. The molecule has 4 rings (SSSR count). The fraction of sp³-hybridized carbons (Fsp3) is 0.800. The minimum absolute atomic E-state index is 0.00204. The van der Waals surface area contributed by atoms with Crippen molar-refractivity contribution in [1.29, 1.82) is 0 Å². The first-order valence-electron chi connectivity index (χ1n) is 11.8. The van der Waals surface area contributed by atoms with E-state index in [1.807, 2.05) is 13.0 Å². The van der Waals surface area contributed by atoms with Crippen molar-refractivity contribution in [3.05, 3.63) is 11.6 Å². The molecule has 0 amide bonds. The molecule has 0 radical (unpaired) electrons. The van der Waals surface area contributed by atoms with Crippen molar-refractivity contribution in [2.24, 2.45) is 40.4 Å². The zero-order chi connectivity index (χ0) is 21.7. The lowest BCUT2D eigenvalue weighted by Gasteiger charge is -2.60. The average molecular weight is 417 g/mol. The van der Waals surface area contributed by atoms with Crippen molar-refractivity contribution in [1.82, 2.24) is 0 Å². The smallest absolute Gasteiger partial charge is 0.309 e. The van der Waals surface area contributed by atoms with E-state index in [-0.39, 0.29) is 40.8 Å². The quantitative estimate of drug-likeness (QED) is 0.652. The number of allylic oxidation sites excluding steroid dienone is 1. The maximum Gasteiger partial charge on any atom is 0.309 e. The molecular weight excluding hydrogens is 380 g/mol. The van der Waals surface area contributed by atoms with Gasteiger partial charge in [-0.25, -0.2) is 0 Å². The van der Waals surface area contributed by atoms with Crippen LogP contribution in [0.25, 0.3) is 0 Å². The lowest BCUT2D eigenvalue weighted by Crippen LogP contribution is -2.55. The Labute approximate surface area is 179 Å². The van der Waals surface area contributed by atoms with Crippen LogP contribution in [0.4, 0.5) is 0 Å². The number of carbonyl (C=O) groups is 3. The van der Waals surface area contributed by atoms with Crippen LogP contribution in [0, 0.1) is 40.4 Å². The molecule has 30 heavy (non-hydrogen) atoms. The Balaban J connectivity index is 1.69. The molecule has 1 N–H and O–H groups in total. The molecule has 0 saturated heterocycles. The van der Waals surface area contributed by atoms with Crippen LogP contribution in [0.5, 0.6) is 0 Å². The van der Waals surface area contributed by atoms with Gasteiger partial charge in [0.05, 0.1) is 12.5 Å². The van der Waals surface area contributed by atoms with Crippen molar-refractivity contribution < 1.29 is 24.2 Å². The van der Waals surface area contributed by atoms with Gasteiger partial charge >= 0.3 is 11.9 Å². The van der Waals surface area contributed by atoms with E-state index >= 15 is 0 Å². The molecule has 0 unspecified atom stereocenters. The minimum Gasteiger partial charge on any atom is -0.481 e. The second-order valence-electron chi connectivity index (χ2n) is 10.7. The third-order valence-corrected chi connectivity index (χ3v) is 9.51. The number of esters is 1. The number of rotatable bonds is 5. The molecule has 0 aromatic heterocycles. The Morgan fingerprint density at radius 3 is 2.63 bits per heavy atom. The molecule has 0 aromatic rings. The van der Waals surface area contributed by atoms with Crippen molar-refractivity contribution >= 4 is 17.7 Å². The first-order chi connectivity index (χ1) is 14.2. The number of carboxylic acid groups (broad SMARTS) is 1. The van der Waals surface area contributed by atoms with Gasteiger partial charge in [-0.2, -0.15) is 0 Å². The maximum atomic E-state index is 13.1. The van der Waals surface area contributed by atoms with E-state index in [0.29, 0.717) is 37.2 Å². The second kappa shape index (κ2) is 7.80. The molecular formula is C25H36O5. The summed E-state index contributed by atoms with van der Waals surface area (Å²) in [6.07, 6.45) is 9.23. The SMILES string of the molecule is CCOC(=O)[C@@H]1CC2=CC(=O)CC[C@]2(C)[C@H]2CC[C@]3(C)[C@H](CCC(=O)O)CC[C@H]3[C@H]12. The number of ketones is 1. The normalized spacial score (nSPS) is 42.6. The summed E-state index contributed by atoms with van der Waals surface area (Å²) in [5.41, 5.74) is 1.27. The zero-order valence-electron chi connectivity index (χ0n) is 18.6. The van der Waals surface area contributed by atoms with Gasteiger partial charge in [0, 0.05) is 12.8 Å². The van der Waals surface area contributed by atoms with Gasteiger partial charge in [-0.3, -0.25) is 14.4 Å². The van der Waals surface area contributed by atoms with Gasteiger partial charge in [0.25, 0.3) is 0 Å². The number of ether oxygens (including phenoxy) is 1. The third-order valence-electron chi connectivity index (χ3n) is 9.51. The van der Waals surface area contributed by atoms with Crippen LogP contribution in [0.15, 0.2) is 11.6 Å². The van der Waals surface area contributed by atoms with Gasteiger partial charge < -0.3 is 9.84 Å². The van der Waals surface area contributed by atoms with Crippen molar-refractivity contribution in [3.63, 3.8) is 0 Å². The molecule has 0 spiro atoms. The largest absolute Gasteiger partial charge is 0.481 e. The van der Waals surface area contributed by atoms with Crippen LogP contribution in [-0.4, -0.2) is 29.4 Å². The number of fused-ring (bicyclic) bond motifs is 5. The zero-order valence-corrected chi connectivity index (χ0v) is 18.6. The summed E-state index contributed by atoms with van der Waals surface area (Å²) < 4.78 is 5.53. The van der Waals surface area contributed by atoms with Crippen molar-refractivity contribution in [2.75, 3.05) is 6.61 Å². The Morgan fingerprint density at radius 2 is 1.93 bits per heavy atom. The van der Waals surface area contributed by atoms with Crippen molar-refractivity contribution in [2.45, 2.75) is 78.6 Å². The molecule has 0 aliphatic heterocycles. The van der Waals surface area contributed by atoms with E-state index in [2.05, 4.69) is 13.8 Å². The van der Waals surface area contributed by atoms with Crippen LogP contribution in [-0.2, 0) is 19.1 Å².